The zero-order valence-electron chi connectivity index (χ0n) is 17.3. The molecular weight excluding hydrogens is 406 g/mol. The van der Waals surface area contributed by atoms with Gasteiger partial charge in [-0.2, -0.15) is 17.0 Å². The summed E-state index contributed by atoms with van der Waals surface area (Å²) in [6.45, 7) is 3.17. The quantitative estimate of drug-likeness (QED) is 0.721. The van der Waals surface area contributed by atoms with Crippen LogP contribution in [0.25, 0.3) is 0 Å². The Morgan fingerprint density at radius 1 is 1.07 bits per heavy atom. The Bertz CT molecular complexity index is 816. The summed E-state index contributed by atoms with van der Waals surface area (Å²) in [6.07, 6.45) is 3.27. The lowest BCUT2D eigenvalue weighted by Crippen LogP contribution is -2.54. The lowest BCUT2D eigenvalue weighted by molar-refractivity contribution is -0.179. The maximum atomic E-state index is 13.1. The molecule has 1 aromatic carbocycles. The van der Waals surface area contributed by atoms with Gasteiger partial charge in [0.15, 0.2) is 5.79 Å². The van der Waals surface area contributed by atoms with Crippen molar-refractivity contribution in [3.63, 3.8) is 0 Å². The maximum absolute atomic E-state index is 13.1. The molecule has 0 aromatic heterocycles. The van der Waals surface area contributed by atoms with Crippen molar-refractivity contribution in [2.24, 2.45) is 5.92 Å². The van der Waals surface area contributed by atoms with E-state index in [0.29, 0.717) is 65.1 Å². The van der Waals surface area contributed by atoms with Gasteiger partial charge in [0.1, 0.15) is 0 Å². The lowest BCUT2D eigenvalue weighted by atomic mass is 9.99. The number of nitrogens with one attached hydrogen (secondary N) is 1. The third kappa shape index (κ3) is 4.86. The summed E-state index contributed by atoms with van der Waals surface area (Å²) >= 11 is 0. The van der Waals surface area contributed by atoms with Crippen molar-refractivity contribution >= 4 is 16.1 Å². The number of benzene rings is 1. The zero-order chi connectivity index (χ0) is 21.0. The van der Waals surface area contributed by atoms with Gasteiger partial charge < -0.3 is 14.8 Å². The van der Waals surface area contributed by atoms with Crippen molar-refractivity contribution in [2.75, 3.05) is 45.9 Å². The average molecular weight is 438 g/mol. The molecule has 1 N–H and O–H groups in total. The average Bonchev–Trinajstić information content (AvgIpc) is 3.22. The fourth-order valence-electron chi connectivity index (χ4n) is 4.49. The van der Waals surface area contributed by atoms with Crippen LogP contribution >= 0.6 is 0 Å². The molecular formula is C21H31N3O5S. The molecule has 8 nitrogen and oxygen atoms in total. The second kappa shape index (κ2) is 9.32. The molecule has 0 saturated carbocycles. The molecule has 0 unspecified atom stereocenters. The van der Waals surface area contributed by atoms with E-state index in [1.54, 1.807) is 0 Å². The summed E-state index contributed by atoms with van der Waals surface area (Å²) < 4.78 is 40.7. The lowest BCUT2D eigenvalue weighted by Gasteiger charge is -2.40. The second-order valence-electron chi connectivity index (χ2n) is 8.24. The Morgan fingerprint density at radius 2 is 1.77 bits per heavy atom. The minimum atomic E-state index is -3.59. The minimum absolute atomic E-state index is 0.0591. The van der Waals surface area contributed by atoms with Crippen molar-refractivity contribution < 1.29 is 22.7 Å². The molecule has 1 aromatic rings. The van der Waals surface area contributed by atoms with Gasteiger partial charge in [0, 0.05) is 45.6 Å². The Morgan fingerprint density at radius 3 is 2.47 bits per heavy atom. The van der Waals surface area contributed by atoms with E-state index < -0.39 is 16.0 Å². The Kier molecular flexibility index (Phi) is 6.74. The maximum Gasteiger partial charge on any atom is 0.282 e. The van der Waals surface area contributed by atoms with E-state index in [0.717, 1.165) is 6.42 Å². The van der Waals surface area contributed by atoms with E-state index in [2.05, 4.69) is 5.32 Å². The van der Waals surface area contributed by atoms with Gasteiger partial charge in [-0.25, -0.2) is 0 Å². The molecule has 0 bridgehead atoms. The van der Waals surface area contributed by atoms with Crippen LogP contribution in [-0.4, -0.2) is 74.7 Å². The van der Waals surface area contributed by atoms with Crippen LogP contribution in [0.5, 0.6) is 0 Å². The van der Waals surface area contributed by atoms with Crippen LogP contribution in [0.1, 0.15) is 31.2 Å². The molecule has 3 heterocycles. The van der Waals surface area contributed by atoms with E-state index >= 15 is 0 Å². The number of hydrogen-bond donors (Lipinski definition) is 1. The van der Waals surface area contributed by atoms with Crippen LogP contribution in [0.4, 0.5) is 0 Å². The van der Waals surface area contributed by atoms with Crippen molar-refractivity contribution in [3.8, 4) is 0 Å². The molecule has 30 heavy (non-hydrogen) atoms. The number of carbonyl (C=O) groups excluding carboxylic acids is 1. The molecule has 3 fully saturated rings. The van der Waals surface area contributed by atoms with Gasteiger partial charge in [0.25, 0.3) is 10.2 Å². The highest BCUT2D eigenvalue weighted by Gasteiger charge is 2.44. The Hall–Kier alpha value is -1.52. The highest BCUT2D eigenvalue weighted by atomic mass is 32.2. The summed E-state index contributed by atoms with van der Waals surface area (Å²) in [7, 11) is -3.59. The molecule has 3 saturated heterocycles. The van der Waals surface area contributed by atoms with Gasteiger partial charge in [-0.05, 0) is 24.8 Å². The molecule has 3 aliphatic rings. The molecule has 1 atom stereocenters. The van der Waals surface area contributed by atoms with E-state index in [9.17, 15) is 13.2 Å². The summed E-state index contributed by atoms with van der Waals surface area (Å²) in [5.74, 6) is -0.965. The highest BCUT2D eigenvalue weighted by Crippen LogP contribution is 2.33. The Balaban J connectivity index is 1.28. The predicted molar refractivity (Wildman–Crippen MR) is 112 cm³/mol. The van der Waals surface area contributed by atoms with Crippen LogP contribution in [0.3, 0.4) is 0 Å². The molecule has 0 radical (unpaired) electrons. The monoisotopic (exact) mass is 437 g/mol. The van der Waals surface area contributed by atoms with Crippen molar-refractivity contribution in [1.82, 2.24) is 13.9 Å². The van der Waals surface area contributed by atoms with E-state index in [-0.39, 0.29) is 18.4 Å². The number of amides is 1. The van der Waals surface area contributed by atoms with E-state index in [4.69, 9.17) is 9.47 Å². The van der Waals surface area contributed by atoms with Crippen LogP contribution in [0.15, 0.2) is 30.3 Å². The smallest absolute Gasteiger partial charge is 0.282 e. The first-order chi connectivity index (χ1) is 14.5. The molecule has 166 valence electrons. The number of ether oxygens (including phenoxy) is 2. The van der Waals surface area contributed by atoms with Gasteiger partial charge in [-0.15, -0.1) is 0 Å². The predicted octanol–water partition coefficient (Wildman–Crippen LogP) is 1.14. The van der Waals surface area contributed by atoms with Gasteiger partial charge in [0.05, 0.1) is 19.1 Å². The Labute approximate surface area is 178 Å². The molecule has 9 heteroatoms. The van der Waals surface area contributed by atoms with E-state index in [1.807, 2.05) is 30.3 Å². The molecule has 0 aliphatic carbocycles. The number of hydrogen-bond acceptors (Lipinski definition) is 5. The molecule has 4 rings (SSSR count). The largest absolute Gasteiger partial charge is 0.355 e. The summed E-state index contributed by atoms with van der Waals surface area (Å²) in [5, 5.41) is 2.98. The minimum Gasteiger partial charge on any atom is -0.355 e. The van der Waals surface area contributed by atoms with Crippen molar-refractivity contribution in [1.29, 1.82) is 0 Å². The SMILES string of the molecule is O=C(NCCc1ccccc1)[C@@H]1CCCN(S(=O)(=O)N2CCC3(CC2)OCCO3)C1. The zero-order valence-corrected chi connectivity index (χ0v) is 18.1. The number of nitrogens with zero attached hydrogens (tertiary/aromatic N) is 2. The number of rotatable bonds is 6. The third-order valence-corrected chi connectivity index (χ3v) is 8.26. The summed E-state index contributed by atoms with van der Waals surface area (Å²) in [5.41, 5.74) is 1.17. The van der Waals surface area contributed by atoms with Crippen molar-refractivity contribution in [3.05, 3.63) is 35.9 Å². The van der Waals surface area contributed by atoms with Crippen LogP contribution < -0.4 is 5.32 Å². The number of carbonyl (C=O) groups is 1. The van der Waals surface area contributed by atoms with Gasteiger partial charge in [-0.3, -0.25) is 4.79 Å². The first-order valence-corrected chi connectivity index (χ1v) is 12.2. The van der Waals surface area contributed by atoms with Crippen LogP contribution in [0, 0.1) is 5.92 Å². The van der Waals surface area contributed by atoms with Gasteiger partial charge in [0.2, 0.25) is 5.91 Å². The standard InChI is InChI=1S/C21H31N3O5S/c25-20(22-11-8-18-5-2-1-3-6-18)19-7-4-12-24(17-19)30(26,27)23-13-9-21(10-14-23)28-15-16-29-21/h1-3,5-6,19H,4,7-17H2,(H,22,25)/t19-/m1/s1. The fraction of sp³-hybridized carbons (Fsp3) is 0.667. The normalized spacial score (nSPS) is 25.4. The molecule has 1 amide bonds. The molecule has 1 spiro atoms. The van der Waals surface area contributed by atoms with E-state index in [1.165, 1.54) is 14.2 Å². The molecule has 3 aliphatic heterocycles. The fourth-order valence-corrected chi connectivity index (χ4v) is 6.19. The summed E-state index contributed by atoms with van der Waals surface area (Å²) in [4.78, 5) is 12.6. The van der Waals surface area contributed by atoms with Gasteiger partial charge in [-0.1, -0.05) is 30.3 Å². The first kappa shape index (κ1) is 21.7. The third-order valence-electron chi connectivity index (χ3n) is 6.26. The number of piperidine rings is 2. The van der Waals surface area contributed by atoms with Crippen molar-refractivity contribution in [2.45, 2.75) is 37.9 Å². The van der Waals surface area contributed by atoms with Crippen LogP contribution in [-0.2, 0) is 30.9 Å². The second-order valence-corrected chi connectivity index (χ2v) is 10.2. The topological polar surface area (TPSA) is 88.2 Å². The van der Waals surface area contributed by atoms with Gasteiger partial charge >= 0.3 is 0 Å². The highest BCUT2D eigenvalue weighted by molar-refractivity contribution is 7.86. The summed E-state index contributed by atoms with van der Waals surface area (Å²) in [6, 6.07) is 9.99. The first-order valence-electron chi connectivity index (χ1n) is 10.8. The van der Waals surface area contributed by atoms with Crippen LogP contribution in [0.2, 0.25) is 0 Å².